The number of halogens is 3. The third kappa shape index (κ3) is 3.39. The molecule has 6 heteroatoms. The van der Waals surface area contributed by atoms with Crippen molar-refractivity contribution in [1.82, 2.24) is 4.98 Å². The highest BCUT2D eigenvalue weighted by Crippen LogP contribution is 2.41. The van der Waals surface area contributed by atoms with Gasteiger partial charge in [-0.3, -0.25) is 4.98 Å². The second kappa shape index (κ2) is 5.96. The van der Waals surface area contributed by atoms with Gasteiger partial charge in [0.2, 0.25) is 0 Å². The summed E-state index contributed by atoms with van der Waals surface area (Å²) in [5, 5.41) is 0. The maximum absolute atomic E-state index is 12.3. The minimum atomic E-state index is -4.70. The van der Waals surface area contributed by atoms with Crippen molar-refractivity contribution in [3.05, 3.63) is 59.9 Å². The molecular formula is C16H14F3NO2. The molecule has 0 amide bonds. The third-order valence-electron chi connectivity index (χ3n) is 3.58. The van der Waals surface area contributed by atoms with E-state index in [0.717, 1.165) is 12.1 Å². The summed E-state index contributed by atoms with van der Waals surface area (Å²) in [5.74, 6) is -0.206. The predicted octanol–water partition coefficient (Wildman–Crippen LogP) is 4.23. The highest BCUT2D eigenvalue weighted by Gasteiger charge is 2.34. The van der Waals surface area contributed by atoms with Crippen LogP contribution in [0.2, 0.25) is 0 Å². The van der Waals surface area contributed by atoms with E-state index in [0.29, 0.717) is 12.2 Å². The molecule has 116 valence electrons. The van der Waals surface area contributed by atoms with E-state index < -0.39 is 6.36 Å². The summed E-state index contributed by atoms with van der Waals surface area (Å²) in [6, 6.07) is 11.6. The minimum absolute atomic E-state index is 0.0299. The lowest BCUT2D eigenvalue weighted by molar-refractivity contribution is -0.274. The minimum Gasteiger partial charge on any atom is -0.406 e. The van der Waals surface area contributed by atoms with E-state index in [1.807, 2.05) is 18.2 Å². The summed E-state index contributed by atoms with van der Waals surface area (Å²) in [4.78, 5) is 4.33. The molecule has 0 saturated carbocycles. The number of alkyl halides is 3. The van der Waals surface area contributed by atoms with Gasteiger partial charge in [0, 0.05) is 24.4 Å². The van der Waals surface area contributed by atoms with Crippen molar-refractivity contribution in [3.63, 3.8) is 0 Å². The second-order valence-electron chi connectivity index (χ2n) is 5.06. The first-order valence-corrected chi connectivity index (χ1v) is 6.91. The second-order valence-corrected chi connectivity index (χ2v) is 5.06. The highest BCUT2D eigenvalue weighted by molar-refractivity contribution is 5.32. The van der Waals surface area contributed by atoms with Crippen LogP contribution in [0.1, 0.15) is 29.7 Å². The first-order valence-electron chi connectivity index (χ1n) is 6.91. The monoisotopic (exact) mass is 309 g/mol. The third-order valence-corrected chi connectivity index (χ3v) is 3.58. The maximum Gasteiger partial charge on any atom is 0.573 e. The van der Waals surface area contributed by atoms with Crippen LogP contribution in [0.3, 0.4) is 0 Å². The molecule has 3 rings (SSSR count). The van der Waals surface area contributed by atoms with Gasteiger partial charge in [-0.15, -0.1) is 13.2 Å². The van der Waals surface area contributed by atoms with Crippen molar-refractivity contribution in [2.75, 3.05) is 6.61 Å². The molecule has 2 atom stereocenters. The Morgan fingerprint density at radius 3 is 2.73 bits per heavy atom. The number of pyridine rings is 1. The van der Waals surface area contributed by atoms with Gasteiger partial charge < -0.3 is 9.47 Å². The maximum atomic E-state index is 12.3. The number of hydrogen-bond donors (Lipinski definition) is 0. The average Bonchev–Trinajstić information content (AvgIpc) is 2.96. The highest BCUT2D eigenvalue weighted by atomic mass is 19.4. The van der Waals surface area contributed by atoms with E-state index in [9.17, 15) is 13.2 Å². The summed E-state index contributed by atoms with van der Waals surface area (Å²) in [6.07, 6.45) is -2.53. The smallest absolute Gasteiger partial charge is 0.406 e. The van der Waals surface area contributed by atoms with E-state index in [2.05, 4.69) is 9.72 Å². The van der Waals surface area contributed by atoms with Crippen molar-refractivity contribution < 1.29 is 22.6 Å². The molecule has 1 aromatic carbocycles. The number of nitrogens with zero attached hydrogens (tertiary/aromatic N) is 1. The number of aromatic nitrogens is 1. The molecule has 1 aliphatic rings. The number of rotatable bonds is 3. The van der Waals surface area contributed by atoms with Gasteiger partial charge in [-0.2, -0.15) is 0 Å². The quantitative estimate of drug-likeness (QED) is 0.850. The van der Waals surface area contributed by atoms with Crippen molar-refractivity contribution >= 4 is 0 Å². The van der Waals surface area contributed by atoms with E-state index in [1.165, 1.54) is 18.2 Å². The predicted molar refractivity (Wildman–Crippen MR) is 73.4 cm³/mol. The molecule has 22 heavy (non-hydrogen) atoms. The Balaban J connectivity index is 1.85. The molecular weight excluding hydrogens is 295 g/mol. The lowest BCUT2D eigenvalue weighted by Crippen LogP contribution is -2.17. The van der Waals surface area contributed by atoms with Crippen LogP contribution in [-0.2, 0) is 4.74 Å². The van der Waals surface area contributed by atoms with Crippen LogP contribution in [0.25, 0.3) is 0 Å². The SMILES string of the molecule is FC(F)(F)Oc1cccc(C2OCCC2c2ccccn2)c1. The Kier molecular flexibility index (Phi) is 4.02. The van der Waals surface area contributed by atoms with Crippen molar-refractivity contribution in [1.29, 1.82) is 0 Å². The Morgan fingerprint density at radius 2 is 2.00 bits per heavy atom. The van der Waals surface area contributed by atoms with E-state index in [1.54, 1.807) is 12.3 Å². The summed E-state index contributed by atoms with van der Waals surface area (Å²) < 4.78 is 46.7. The lowest BCUT2D eigenvalue weighted by atomic mass is 9.92. The molecule has 3 nitrogen and oxygen atoms in total. The lowest BCUT2D eigenvalue weighted by Gasteiger charge is -2.19. The van der Waals surface area contributed by atoms with Crippen LogP contribution in [0.4, 0.5) is 13.2 Å². The number of benzene rings is 1. The Hall–Kier alpha value is -2.08. The molecule has 2 unspecified atom stereocenters. The molecule has 1 aromatic heterocycles. The van der Waals surface area contributed by atoms with Gasteiger partial charge >= 0.3 is 6.36 Å². The van der Waals surface area contributed by atoms with Crippen molar-refractivity contribution in [2.24, 2.45) is 0 Å². The molecule has 1 fully saturated rings. The van der Waals surface area contributed by atoms with Gasteiger partial charge in [-0.05, 0) is 36.2 Å². The van der Waals surface area contributed by atoms with Crippen LogP contribution in [0.15, 0.2) is 48.7 Å². The molecule has 1 aliphatic heterocycles. The zero-order chi connectivity index (χ0) is 15.6. The van der Waals surface area contributed by atoms with E-state index in [4.69, 9.17) is 4.74 Å². The molecule has 1 saturated heterocycles. The fraction of sp³-hybridized carbons (Fsp3) is 0.312. The van der Waals surface area contributed by atoms with Crippen LogP contribution in [-0.4, -0.2) is 18.0 Å². The number of hydrogen-bond acceptors (Lipinski definition) is 3. The van der Waals surface area contributed by atoms with Crippen LogP contribution in [0, 0.1) is 0 Å². The molecule has 0 bridgehead atoms. The Morgan fingerprint density at radius 1 is 1.14 bits per heavy atom. The molecule has 2 heterocycles. The average molecular weight is 309 g/mol. The van der Waals surface area contributed by atoms with E-state index in [-0.39, 0.29) is 17.8 Å². The summed E-state index contributed by atoms with van der Waals surface area (Å²) in [6.45, 7) is 0.552. The van der Waals surface area contributed by atoms with Gasteiger partial charge in [-0.25, -0.2) is 0 Å². The molecule has 0 aliphatic carbocycles. The molecule has 0 spiro atoms. The van der Waals surface area contributed by atoms with Crippen molar-refractivity contribution in [2.45, 2.75) is 24.8 Å². The first kappa shape index (κ1) is 14.8. The fourth-order valence-electron chi connectivity index (χ4n) is 2.70. The van der Waals surface area contributed by atoms with E-state index >= 15 is 0 Å². The van der Waals surface area contributed by atoms with Gasteiger partial charge in [0.1, 0.15) is 5.75 Å². The van der Waals surface area contributed by atoms with Gasteiger partial charge in [0.05, 0.1) is 6.10 Å². The van der Waals surface area contributed by atoms with Crippen LogP contribution >= 0.6 is 0 Å². The zero-order valence-corrected chi connectivity index (χ0v) is 11.6. The Bertz CT molecular complexity index is 631. The summed E-state index contributed by atoms with van der Waals surface area (Å²) in [7, 11) is 0. The fourth-order valence-corrected chi connectivity index (χ4v) is 2.70. The van der Waals surface area contributed by atoms with Crippen LogP contribution < -0.4 is 4.74 Å². The van der Waals surface area contributed by atoms with Gasteiger partial charge in [0.15, 0.2) is 0 Å². The largest absolute Gasteiger partial charge is 0.573 e. The van der Waals surface area contributed by atoms with Crippen LogP contribution in [0.5, 0.6) is 5.75 Å². The van der Waals surface area contributed by atoms with Crippen molar-refractivity contribution in [3.8, 4) is 5.75 Å². The Labute approximate surface area is 125 Å². The van der Waals surface area contributed by atoms with Gasteiger partial charge in [-0.1, -0.05) is 18.2 Å². The standard InChI is InChI=1S/C16H14F3NO2/c17-16(18,19)22-12-5-3-4-11(10-12)15-13(7-9-21-15)14-6-1-2-8-20-14/h1-6,8,10,13,15H,7,9H2. The molecule has 2 aromatic rings. The zero-order valence-electron chi connectivity index (χ0n) is 11.6. The molecule has 0 radical (unpaired) electrons. The summed E-state index contributed by atoms with van der Waals surface area (Å²) >= 11 is 0. The number of ether oxygens (including phenoxy) is 2. The topological polar surface area (TPSA) is 31.4 Å². The summed E-state index contributed by atoms with van der Waals surface area (Å²) in [5.41, 5.74) is 1.54. The normalized spacial score (nSPS) is 21.8. The first-order chi connectivity index (χ1) is 10.5. The molecule has 0 N–H and O–H groups in total. The van der Waals surface area contributed by atoms with Gasteiger partial charge in [0.25, 0.3) is 0 Å².